The molecule has 0 amide bonds. The average molecular weight is 332 g/mol. The van der Waals surface area contributed by atoms with Crippen LogP contribution in [0, 0.1) is 10.1 Å². The molecule has 0 aliphatic rings. The van der Waals surface area contributed by atoms with Gasteiger partial charge < -0.3 is 10.4 Å². The quantitative estimate of drug-likeness (QED) is 0.396. The number of nitro groups is 1. The number of thiophene rings is 1. The Balaban J connectivity index is 2.33. The van der Waals surface area contributed by atoms with Crippen LogP contribution in [0.3, 0.4) is 0 Å². The fourth-order valence-electron chi connectivity index (χ4n) is 1.56. The molecule has 0 spiro atoms. The van der Waals surface area contributed by atoms with Gasteiger partial charge in [0.05, 0.1) is 11.5 Å². The first kappa shape index (κ1) is 15.4. The van der Waals surface area contributed by atoms with Crippen LogP contribution >= 0.6 is 11.3 Å². The molecule has 2 aromatic heterocycles. The molecule has 2 aromatic rings. The van der Waals surface area contributed by atoms with E-state index < -0.39 is 14.9 Å². The number of hydrogen-bond acceptors (Lipinski definition) is 8. The Hall–Kier alpha value is -2.02. The molecule has 0 atom stereocenters. The van der Waals surface area contributed by atoms with E-state index in [4.69, 9.17) is 5.84 Å². The predicted molar refractivity (Wildman–Crippen MR) is 76.0 cm³/mol. The Kier molecular flexibility index (Phi) is 4.22. The van der Waals surface area contributed by atoms with Gasteiger partial charge in [0.1, 0.15) is 10.0 Å². The zero-order valence-corrected chi connectivity index (χ0v) is 12.4. The minimum absolute atomic E-state index is 0.0203. The number of imidazole rings is 1. The number of rotatable bonds is 6. The van der Waals surface area contributed by atoms with Crippen LogP contribution in [0.2, 0.25) is 0 Å². The highest BCUT2D eigenvalue weighted by Crippen LogP contribution is 2.37. The van der Waals surface area contributed by atoms with Crippen molar-refractivity contribution in [2.24, 2.45) is 5.84 Å². The molecule has 0 aliphatic heterocycles. The van der Waals surface area contributed by atoms with Crippen molar-refractivity contribution in [2.45, 2.75) is 10.8 Å². The van der Waals surface area contributed by atoms with Gasteiger partial charge in [-0.1, -0.05) is 11.3 Å². The van der Waals surface area contributed by atoms with Crippen molar-refractivity contribution < 1.29 is 13.3 Å². The first-order valence-corrected chi connectivity index (χ1v) is 7.81. The number of aromatic nitrogens is 2. The zero-order chi connectivity index (χ0) is 15.6. The lowest BCUT2D eigenvalue weighted by Gasteiger charge is -2.14. The van der Waals surface area contributed by atoms with Gasteiger partial charge in [0, 0.05) is 25.5 Å². The lowest BCUT2D eigenvalue weighted by atomic mass is 10.5. The maximum absolute atomic E-state index is 12.4. The van der Waals surface area contributed by atoms with E-state index in [0.717, 1.165) is 10.4 Å². The number of nitrogens with one attached hydrogen (secondary N) is 2. The van der Waals surface area contributed by atoms with E-state index in [1.165, 1.54) is 13.2 Å². The van der Waals surface area contributed by atoms with Gasteiger partial charge in [-0.3, -0.25) is 10.1 Å². The molecular formula is C9H12N6O4S2. The first-order chi connectivity index (χ1) is 9.86. The van der Waals surface area contributed by atoms with E-state index in [1.54, 1.807) is 6.20 Å². The Morgan fingerprint density at radius 2 is 2.33 bits per heavy atom. The topological polar surface area (TPSA) is 147 Å². The number of H-pyrrole nitrogens is 1. The molecule has 0 aromatic carbocycles. The third-order valence-corrected chi connectivity index (χ3v) is 5.92. The molecule has 0 saturated heterocycles. The van der Waals surface area contributed by atoms with Crippen LogP contribution in [0.4, 0.5) is 10.7 Å². The molecule has 10 nitrogen and oxygen atoms in total. The summed E-state index contributed by atoms with van der Waals surface area (Å²) in [5.41, 5.74) is 1.75. The third kappa shape index (κ3) is 3.02. The molecule has 2 heterocycles. The van der Waals surface area contributed by atoms with Crippen molar-refractivity contribution in [2.75, 3.05) is 12.5 Å². The van der Waals surface area contributed by atoms with Gasteiger partial charge in [0.2, 0.25) is 0 Å². The van der Waals surface area contributed by atoms with Crippen molar-refractivity contribution in [1.29, 1.82) is 0 Å². The summed E-state index contributed by atoms with van der Waals surface area (Å²) in [5, 5.41) is 10.8. The molecule has 4 N–H and O–H groups in total. The smallest absolute Gasteiger partial charge is 0.306 e. The molecular weight excluding hydrogens is 320 g/mol. The summed E-state index contributed by atoms with van der Waals surface area (Å²) in [5.74, 6) is 5.63. The van der Waals surface area contributed by atoms with Crippen LogP contribution in [0.1, 0.15) is 5.82 Å². The van der Waals surface area contributed by atoms with Crippen molar-refractivity contribution in [3.05, 3.63) is 34.4 Å². The van der Waals surface area contributed by atoms with Crippen LogP contribution in [-0.2, 0) is 16.6 Å². The van der Waals surface area contributed by atoms with Crippen molar-refractivity contribution in [3.8, 4) is 0 Å². The molecule has 0 aliphatic carbocycles. The van der Waals surface area contributed by atoms with E-state index in [-0.39, 0.29) is 21.4 Å². The highest BCUT2D eigenvalue weighted by Gasteiger charge is 2.29. The third-order valence-electron chi connectivity index (χ3n) is 2.61. The molecule has 0 radical (unpaired) electrons. The zero-order valence-electron chi connectivity index (χ0n) is 10.8. The minimum atomic E-state index is -3.87. The van der Waals surface area contributed by atoms with Crippen molar-refractivity contribution in [3.63, 3.8) is 0 Å². The maximum atomic E-state index is 12.4. The molecule has 0 unspecified atom stereocenters. The van der Waals surface area contributed by atoms with Crippen LogP contribution < -0.4 is 11.3 Å². The van der Waals surface area contributed by atoms with Gasteiger partial charge in [-0.25, -0.2) is 19.2 Å². The van der Waals surface area contributed by atoms with E-state index in [1.807, 2.05) is 0 Å². The number of nitrogens with zero attached hydrogens (tertiary/aromatic N) is 3. The molecule has 0 bridgehead atoms. The summed E-state index contributed by atoms with van der Waals surface area (Å²) in [6.07, 6.45) is 3.07. The first-order valence-electron chi connectivity index (χ1n) is 5.55. The molecule has 0 saturated carbocycles. The van der Waals surface area contributed by atoms with Crippen LogP contribution in [0.15, 0.2) is 22.7 Å². The SMILES string of the molecule is CN(Cc1ncc[nH]1)S(=O)(=O)c1cc([N+](=O)[O-])c(NN)s1. The summed E-state index contributed by atoms with van der Waals surface area (Å²) < 4.78 is 25.6. The number of hydrazine groups is 1. The highest BCUT2D eigenvalue weighted by atomic mass is 32.2. The molecule has 0 fully saturated rings. The fraction of sp³-hybridized carbons (Fsp3) is 0.222. The summed E-state index contributed by atoms with van der Waals surface area (Å²) in [6, 6.07) is 0.980. The summed E-state index contributed by atoms with van der Waals surface area (Å²) in [4.78, 5) is 16.9. The van der Waals surface area contributed by atoms with Crippen LogP contribution in [0.5, 0.6) is 0 Å². The Bertz CT molecular complexity index is 738. The molecule has 12 heteroatoms. The van der Waals surface area contributed by atoms with Crippen LogP contribution in [-0.4, -0.2) is 34.7 Å². The Morgan fingerprint density at radius 1 is 1.62 bits per heavy atom. The van der Waals surface area contributed by atoms with Gasteiger partial charge in [-0.2, -0.15) is 4.31 Å². The van der Waals surface area contributed by atoms with E-state index in [2.05, 4.69) is 15.4 Å². The normalized spacial score (nSPS) is 11.8. The number of anilines is 1. The summed E-state index contributed by atoms with van der Waals surface area (Å²) in [6.45, 7) is 0.0203. The largest absolute Gasteiger partial charge is 0.347 e. The molecule has 21 heavy (non-hydrogen) atoms. The number of nitrogens with two attached hydrogens (primary N) is 1. The Labute approximate surface area is 123 Å². The van der Waals surface area contributed by atoms with Crippen molar-refractivity contribution in [1.82, 2.24) is 14.3 Å². The maximum Gasteiger partial charge on any atom is 0.306 e. The second kappa shape index (κ2) is 5.77. The standard InChI is InChI=1S/C9H12N6O4S2/c1-14(5-7-11-2-3-12-7)21(18,19)8-4-6(15(16)17)9(13-10)20-8/h2-4,13H,5,10H2,1H3,(H,11,12). The minimum Gasteiger partial charge on any atom is -0.347 e. The second-order valence-electron chi connectivity index (χ2n) is 3.98. The molecule has 114 valence electrons. The van der Waals surface area contributed by atoms with Crippen LogP contribution in [0.25, 0.3) is 0 Å². The number of nitrogen functional groups attached to an aromatic ring is 1. The Morgan fingerprint density at radius 3 is 2.81 bits per heavy atom. The lowest BCUT2D eigenvalue weighted by Crippen LogP contribution is -2.26. The summed E-state index contributed by atoms with van der Waals surface area (Å²) in [7, 11) is -2.51. The van der Waals surface area contributed by atoms with Gasteiger partial charge in [0.15, 0.2) is 5.00 Å². The fourth-order valence-corrected chi connectivity index (χ4v) is 4.14. The second-order valence-corrected chi connectivity index (χ2v) is 7.30. The lowest BCUT2D eigenvalue weighted by molar-refractivity contribution is -0.383. The van der Waals surface area contributed by atoms with Gasteiger partial charge in [0.25, 0.3) is 10.0 Å². The average Bonchev–Trinajstić information content (AvgIpc) is 3.06. The number of sulfonamides is 1. The number of hydrogen-bond donors (Lipinski definition) is 3. The van der Waals surface area contributed by atoms with Gasteiger partial charge >= 0.3 is 5.69 Å². The van der Waals surface area contributed by atoms with Gasteiger partial charge in [-0.15, -0.1) is 0 Å². The van der Waals surface area contributed by atoms with E-state index in [0.29, 0.717) is 17.2 Å². The summed E-state index contributed by atoms with van der Waals surface area (Å²) >= 11 is 0.698. The number of aromatic amines is 1. The van der Waals surface area contributed by atoms with E-state index in [9.17, 15) is 18.5 Å². The monoisotopic (exact) mass is 332 g/mol. The van der Waals surface area contributed by atoms with E-state index >= 15 is 0 Å². The van der Waals surface area contributed by atoms with Gasteiger partial charge in [-0.05, 0) is 0 Å². The van der Waals surface area contributed by atoms with Crippen molar-refractivity contribution >= 4 is 32.0 Å². The highest BCUT2D eigenvalue weighted by molar-refractivity contribution is 7.91. The predicted octanol–water partition coefficient (Wildman–Crippen LogP) is 0.486. The molecule has 2 rings (SSSR count).